The van der Waals surface area contributed by atoms with Crippen molar-refractivity contribution >= 4 is 10.0 Å². The van der Waals surface area contributed by atoms with Crippen molar-refractivity contribution in [1.29, 1.82) is 0 Å². The van der Waals surface area contributed by atoms with Crippen molar-refractivity contribution in [3.8, 4) is 0 Å². The second-order valence-electron chi connectivity index (χ2n) is 4.67. The molecule has 96 valence electrons. The monoisotopic (exact) mass is 260 g/mol. The molecule has 17 heavy (non-hydrogen) atoms. The van der Waals surface area contributed by atoms with E-state index in [0.29, 0.717) is 18.0 Å². The highest BCUT2D eigenvalue weighted by Crippen LogP contribution is 2.44. The lowest BCUT2D eigenvalue weighted by Gasteiger charge is -2.12. The summed E-state index contributed by atoms with van der Waals surface area (Å²) < 4.78 is 30.8. The smallest absolute Gasteiger partial charge is 0.217 e. The Balaban J connectivity index is 1.91. The minimum Gasteiger partial charge on any atom is -0.396 e. The fraction of sp³-hybridized carbons (Fsp3) is 0.700. The molecule has 0 radical (unpaired) electrons. The molecule has 1 aromatic heterocycles. The summed E-state index contributed by atoms with van der Waals surface area (Å²) in [5, 5.41) is 12.7. The van der Waals surface area contributed by atoms with Crippen LogP contribution in [-0.4, -0.2) is 31.8 Å². The van der Waals surface area contributed by atoms with E-state index in [1.54, 1.807) is 13.0 Å². The van der Waals surface area contributed by atoms with Gasteiger partial charge in [0.1, 0.15) is 17.2 Å². The van der Waals surface area contributed by atoms with E-state index < -0.39 is 10.0 Å². The zero-order valence-electron chi connectivity index (χ0n) is 9.64. The van der Waals surface area contributed by atoms with Gasteiger partial charge in [0.05, 0.1) is 0 Å². The van der Waals surface area contributed by atoms with Crippen molar-refractivity contribution < 1.29 is 18.0 Å². The Morgan fingerprint density at radius 2 is 2.29 bits per heavy atom. The average Bonchev–Trinajstić information content (AvgIpc) is 2.95. The highest BCUT2D eigenvalue weighted by Gasteiger charge is 2.42. The summed E-state index contributed by atoms with van der Waals surface area (Å²) in [5.74, 6) is 0.399. The van der Waals surface area contributed by atoms with Gasteiger partial charge in [0, 0.05) is 24.6 Å². The second-order valence-corrected chi connectivity index (χ2v) is 6.47. The van der Waals surface area contributed by atoms with E-state index in [2.05, 4.69) is 9.88 Å². The van der Waals surface area contributed by atoms with Crippen LogP contribution in [0.4, 0.5) is 0 Å². The number of hydrogen-bond donors (Lipinski definition) is 2. The predicted octanol–water partition coefficient (Wildman–Crippen LogP) is 0.175. The van der Waals surface area contributed by atoms with Gasteiger partial charge in [-0.3, -0.25) is 0 Å². The Labute approximate surface area is 100 Å². The summed E-state index contributed by atoms with van der Waals surface area (Å²) in [6.45, 7) is 2.03. The third kappa shape index (κ3) is 3.27. The quantitative estimate of drug-likeness (QED) is 0.761. The zero-order chi connectivity index (χ0) is 12.5. The molecule has 2 N–H and O–H groups in total. The molecule has 7 heteroatoms. The largest absolute Gasteiger partial charge is 0.396 e. The van der Waals surface area contributed by atoms with Crippen molar-refractivity contribution in [2.75, 3.05) is 13.2 Å². The number of aliphatic hydroxyl groups is 1. The maximum atomic E-state index is 11.7. The molecule has 0 aromatic carbocycles. The lowest BCUT2D eigenvalue weighted by Crippen LogP contribution is -2.32. The fourth-order valence-electron chi connectivity index (χ4n) is 1.56. The standard InChI is InChI=1S/C10H16N2O4S/c1-8-4-9(12-16-8)5-17(14,15)11-6-10(7-13)2-3-10/h4,11,13H,2-3,5-7H2,1H3. The Morgan fingerprint density at radius 3 is 2.76 bits per heavy atom. The van der Waals surface area contributed by atoms with E-state index in [1.807, 2.05) is 0 Å². The first-order chi connectivity index (χ1) is 7.95. The molecular weight excluding hydrogens is 244 g/mol. The molecule has 1 saturated carbocycles. The molecule has 0 amide bonds. The third-order valence-corrected chi connectivity index (χ3v) is 4.23. The number of aromatic nitrogens is 1. The van der Waals surface area contributed by atoms with Gasteiger partial charge in [-0.25, -0.2) is 13.1 Å². The summed E-state index contributed by atoms with van der Waals surface area (Å²) in [4.78, 5) is 0. The van der Waals surface area contributed by atoms with Gasteiger partial charge in [0.2, 0.25) is 10.0 Å². The molecule has 2 rings (SSSR count). The molecule has 1 heterocycles. The fourth-order valence-corrected chi connectivity index (χ4v) is 2.72. The minimum atomic E-state index is -3.41. The van der Waals surface area contributed by atoms with Crippen LogP contribution in [-0.2, 0) is 15.8 Å². The molecule has 1 aliphatic carbocycles. The summed E-state index contributed by atoms with van der Waals surface area (Å²) >= 11 is 0. The van der Waals surface area contributed by atoms with Crippen molar-refractivity contribution in [3.63, 3.8) is 0 Å². The van der Waals surface area contributed by atoms with Crippen LogP contribution in [0.25, 0.3) is 0 Å². The van der Waals surface area contributed by atoms with Crippen LogP contribution < -0.4 is 4.72 Å². The van der Waals surface area contributed by atoms with E-state index in [-0.39, 0.29) is 17.8 Å². The Bertz CT molecular complexity index is 490. The average molecular weight is 260 g/mol. The van der Waals surface area contributed by atoms with E-state index >= 15 is 0 Å². The summed E-state index contributed by atoms with van der Waals surface area (Å²) in [5.41, 5.74) is 0.163. The van der Waals surface area contributed by atoms with Gasteiger partial charge in [-0.2, -0.15) is 0 Å². The SMILES string of the molecule is Cc1cc(CS(=O)(=O)NCC2(CO)CC2)no1. The van der Waals surface area contributed by atoms with E-state index in [0.717, 1.165) is 12.8 Å². The molecule has 1 aromatic rings. The predicted molar refractivity (Wildman–Crippen MR) is 60.6 cm³/mol. The van der Waals surface area contributed by atoms with E-state index in [9.17, 15) is 8.42 Å². The summed E-state index contributed by atoms with van der Waals surface area (Å²) in [6, 6.07) is 1.60. The number of aliphatic hydroxyl groups excluding tert-OH is 1. The molecule has 0 bridgehead atoms. The van der Waals surface area contributed by atoms with Crippen molar-refractivity contribution in [2.45, 2.75) is 25.5 Å². The maximum absolute atomic E-state index is 11.7. The molecule has 6 nitrogen and oxygen atoms in total. The normalized spacial score (nSPS) is 18.2. The van der Waals surface area contributed by atoms with Gasteiger partial charge >= 0.3 is 0 Å². The Hall–Kier alpha value is -0.920. The van der Waals surface area contributed by atoms with Gasteiger partial charge in [0.25, 0.3) is 0 Å². The topological polar surface area (TPSA) is 92.4 Å². The number of nitrogens with one attached hydrogen (secondary N) is 1. The molecule has 0 saturated heterocycles. The lowest BCUT2D eigenvalue weighted by molar-refractivity contribution is 0.213. The molecule has 0 spiro atoms. The molecular formula is C10H16N2O4S. The van der Waals surface area contributed by atoms with Crippen LogP contribution in [0.3, 0.4) is 0 Å². The number of sulfonamides is 1. The number of nitrogens with zero attached hydrogens (tertiary/aromatic N) is 1. The van der Waals surface area contributed by atoms with Crippen LogP contribution in [0.1, 0.15) is 24.3 Å². The Morgan fingerprint density at radius 1 is 1.59 bits per heavy atom. The summed E-state index contributed by atoms with van der Waals surface area (Å²) in [6.07, 6.45) is 1.74. The highest BCUT2D eigenvalue weighted by molar-refractivity contribution is 7.88. The van der Waals surface area contributed by atoms with Crippen molar-refractivity contribution in [1.82, 2.24) is 9.88 Å². The zero-order valence-corrected chi connectivity index (χ0v) is 10.5. The third-order valence-electron chi connectivity index (χ3n) is 2.97. The summed E-state index contributed by atoms with van der Waals surface area (Å²) in [7, 11) is -3.41. The number of hydrogen-bond acceptors (Lipinski definition) is 5. The number of aryl methyl sites for hydroxylation is 1. The lowest BCUT2D eigenvalue weighted by atomic mass is 10.1. The Kier molecular flexibility index (Phi) is 3.24. The highest BCUT2D eigenvalue weighted by atomic mass is 32.2. The minimum absolute atomic E-state index is 0.0264. The van der Waals surface area contributed by atoms with E-state index in [4.69, 9.17) is 9.63 Å². The van der Waals surface area contributed by atoms with Crippen molar-refractivity contribution in [3.05, 3.63) is 17.5 Å². The second kappa shape index (κ2) is 4.40. The molecule has 1 aliphatic rings. The molecule has 1 fully saturated rings. The molecule has 0 unspecified atom stereocenters. The molecule has 0 aliphatic heterocycles. The first kappa shape index (κ1) is 12.5. The van der Waals surface area contributed by atoms with E-state index in [1.165, 1.54) is 0 Å². The van der Waals surface area contributed by atoms with Crippen LogP contribution in [0.15, 0.2) is 10.6 Å². The van der Waals surface area contributed by atoms with Gasteiger partial charge < -0.3 is 9.63 Å². The first-order valence-corrected chi connectivity index (χ1v) is 7.10. The van der Waals surface area contributed by atoms with Gasteiger partial charge in [-0.05, 0) is 19.8 Å². The molecule has 0 atom stereocenters. The van der Waals surface area contributed by atoms with Crippen molar-refractivity contribution in [2.24, 2.45) is 5.41 Å². The van der Waals surface area contributed by atoms with Crippen LogP contribution in [0, 0.1) is 12.3 Å². The van der Waals surface area contributed by atoms with Crippen LogP contribution in [0.5, 0.6) is 0 Å². The number of rotatable bonds is 6. The van der Waals surface area contributed by atoms with Crippen LogP contribution in [0.2, 0.25) is 0 Å². The maximum Gasteiger partial charge on any atom is 0.217 e. The van der Waals surface area contributed by atoms with Gasteiger partial charge in [-0.1, -0.05) is 5.16 Å². The van der Waals surface area contributed by atoms with Gasteiger partial charge in [0.15, 0.2) is 0 Å². The first-order valence-electron chi connectivity index (χ1n) is 5.45. The van der Waals surface area contributed by atoms with Gasteiger partial charge in [-0.15, -0.1) is 0 Å². The van der Waals surface area contributed by atoms with Crippen LogP contribution >= 0.6 is 0 Å².